The molecule has 0 aliphatic carbocycles. The molecule has 2 N–H and O–H groups in total. The maximum absolute atomic E-state index is 12.1. The molecule has 0 radical (unpaired) electrons. The molecule has 5 heteroatoms. The molecule has 108 valence electrons. The number of aliphatic hydroxyl groups is 1. The maximum atomic E-state index is 12.1. The number of amides is 1. The van der Waals surface area contributed by atoms with Gasteiger partial charge in [-0.3, -0.25) is 4.79 Å². The van der Waals surface area contributed by atoms with Crippen LogP contribution in [0.1, 0.15) is 34.3 Å². The van der Waals surface area contributed by atoms with E-state index in [0.29, 0.717) is 44.8 Å². The van der Waals surface area contributed by atoms with Crippen LogP contribution in [0.5, 0.6) is 0 Å². The van der Waals surface area contributed by atoms with E-state index >= 15 is 0 Å². The van der Waals surface area contributed by atoms with Crippen LogP contribution in [0, 0.1) is 0 Å². The van der Waals surface area contributed by atoms with Crippen LogP contribution in [0.3, 0.4) is 0 Å². The third-order valence-electron chi connectivity index (χ3n) is 3.99. The van der Waals surface area contributed by atoms with Crippen LogP contribution < -0.4 is 5.32 Å². The molecular weight excluding hydrogens is 258 g/mol. The molecule has 2 aliphatic rings. The molecule has 0 spiro atoms. The molecule has 1 saturated heterocycles. The van der Waals surface area contributed by atoms with Gasteiger partial charge >= 0.3 is 0 Å². The molecule has 1 amide bonds. The van der Waals surface area contributed by atoms with Crippen LogP contribution in [-0.2, 0) is 22.7 Å². The Morgan fingerprint density at radius 1 is 1.20 bits per heavy atom. The number of nitrogens with one attached hydrogen (secondary N) is 1. The van der Waals surface area contributed by atoms with E-state index in [1.165, 1.54) is 0 Å². The summed E-state index contributed by atoms with van der Waals surface area (Å²) >= 11 is 0. The van der Waals surface area contributed by atoms with Gasteiger partial charge in [0.15, 0.2) is 0 Å². The number of hydrogen-bond donors (Lipinski definition) is 2. The van der Waals surface area contributed by atoms with E-state index in [1.54, 1.807) is 6.07 Å². The molecule has 1 aromatic rings. The molecule has 1 aromatic carbocycles. The number of fused-ring (bicyclic) bond motifs is 1. The van der Waals surface area contributed by atoms with Crippen LogP contribution in [0.4, 0.5) is 0 Å². The van der Waals surface area contributed by atoms with Gasteiger partial charge in [-0.15, -0.1) is 0 Å². The molecular formula is C15H19NO4. The highest BCUT2D eigenvalue weighted by molar-refractivity contribution is 5.94. The minimum absolute atomic E-state index is 0.153. The predicted octanol–water partition coefficient (Wildman–Crippen LogP) is 0.988. The molecule has 0 atom stereocenters. The zero-order valence-electron chi connectivity index (χ0n) is 11.4. The Bertz CT molecular complexity index is 509. The Kier molecular flexibility index (Phi) is 3.74. The van der Waals surface area contributed by atoms with E-state index in [2.05, 4.69) is 5.32 Å². The Balaban J connectivity index is 1.61. The molecule has 0 aromatic heterocycles. The van der Waals surface area contributed by atoms with Crippen molar-refractivity contribution in [1.29, 1.82) is 0 Å². The molecule has 0 saturated carbocycles. The maximum Gasteiger partial charge on any atom is 0.251 e. The van der Waals surface area contributed by atoms with E-state index in [4.69, 9.17) is 9.47 Å². The van der Waals surface area contributed by atoms with Crippen molar-refractivity contribution in [3.05, 3.63) is 34.9 Å². The van der Waals surface area contributed by atoms with Crippen molar-refractivity contribution in [2.45, 2.75) is 31.7 Å². The average molecular weight is 277 g/mol. The lowest BCUT2D eigenvalue weighted by atomic mass is 9.94. The van der Waals surface area contributed by atoms with Crippen molar-refractivity contribution in [1.82, 2.24) is 5.32 Å². The van der Waals surface area contributed by atoms with Crippen molar-refractivity contribution < 1.29 is 19.4 Å². The van der Waals surface area contributed by atoms with Crippen LogP contribution in [0.25, 0.3) is 0 Å². The Morgan fingerprint density at radius 3 is 2.75 bits per heavy atom. The summed E-state index contributed by atoms with van der Waals surface area (Å²) in [7, 11) is 0. The van der Waals surface area contributed by atoms with E-state index < -0.39 is 5.60 Å². The number of benzene rings is 1. The first-order chi connectivity index (χ1) is 9.66. The first-order valence-electron chi connectivity index (χ1n) is 6.94. The van der Waals surface area contributed by atoms with Gasteiger partial charge < -0.3 is 19.9 Å². The summed E-state index contributed by atoms with van der Waals surface area (Å²) in [5, 5.41) is 13.1. The number of hydrogen-bond acceptors (Lipinski definition) is 4. The van der Waals surface area contributed by atoms with Crippen molar-refractivity contribution in [2.24, 2.45) is 0 Å². The van der Waals surface area contributed by atoms with Gasteiger partial charge in [0.25, 0.3) is 5.91 Å². The molecule has 2 aliphatic heterocycles. The molecule has 2 heterocycles. The summed E-state index contributed by atoms with van der Waals surface area (Å²) < 4.78 is 10.6. The molecule has 5 nitrogen and oxygen atoms in total. The van der Waals surface area contributed by atoms with Crippen molar-refractivity contribution in [3.8, 4) is 0 Å². The number of ether oxygens (including phenoxy) is 2. The van der Waals surface area contributed by atoms with Crippen molar-refractivity contribution >= 4 is 5.91 Å². The number of carbonyl (C=O) groups is 1. The first kappa shape index (κ1) is 13.5. The van der Waals surface area contributed by atoms with Gasteiger partial charge in [-0.1, -0.05) is 6.07 Å². The molecule has 0 unspecified atom stereocenters. The zero-order chi connectivity index (χ0) is 14.0. The summed E-state index contributed by atoms with van der Waals surface area (Å²) in [5.41, 5.74) is 1.99. The van der Waals surface area contributed by atoms with Crippen LogP contribution in [-0.4, -0.2) is 36.4 Å². The monoisotopic (exact) mass is 277 g/mol. The van der Waals surface area contributed by atoms with Crippen LogP contribution in [0.15, 0.2) is 18.2 Å². The van der Waals surface area contributed by atoms with Crippen LogP contribution in [0.2, 0.25) is 0 Å². The fourth-order valence-corrected chi connectivity index (χ4v) is 2.59. The molecule has 3 rings (SSSR count). The molecule has 0 bridgehead atoms. The van der Waals surface area contributed by atoms with E-state index in [-0.39, 0.29) is 12.5 Å². The second kappa shape index (κ2) is 5.52. The number of rotatable bonds is 3. The first-order valence-corrected chi connectivity index (χ1v) is 6.94. The van der Waals surface area contributed by atoms with Gasteiger partial charge in [-0.25, -0.2) is 0 Å². The third kappa shape index (κ3) is 2.85. The van der Waals surface area contributed by atoms with E-state index in [0.717, 1.165) is 11.1 Å². The molecule has 1 fully saturated rings. The fourth-order valence-electron chi connectivity index (χ4n) is 2.59. The average Bonchev–Trinajstić information content (AvgIpc) is 2.93. The topological polar surface area (TPSA) is 67.8 Å². The molecule has 20 heavy (non-hydrogen) atoms. The second-order valence-corrected chi connectivity index (χ2v) is 5.50. The second-order valence-electron chi connectivity index (χ2n) is 5.50. The third-order valence-corrected chi connectivity index (χ3v) is 3.99. The van der Waals surface area contributed by atoms with Crippen molar-refractivity contribution in [2.75, 3.05) is 19.8 Å². The lowest BCUT2D eigenvalue weighted by Crippen LogP contribution is -2.46. The van der Waals surface area contributed by atoms with Crippen molar-refractivity contribution in [3.63, 3.8) is 0 Å². The Labute approximate surface area is 117 Å². The normalized spacial score (nSPS) is 20.4. The lowest BCUT2D eigenvalue weighted by molar-refractivity contribution is -0.0605. The Hall–Kier alpha value is -1.43. The summed E-state index contributed by atoms with van der Waals surface area (Å²) in [6, 6.07) is 5.60. The smallest absolute Gasteiger partial charge is 0.251 e. The van der Waals surface area contributed by atoms with E-state index in [9.17, 15) is 9.90 Å². The summed E-state index contributed by atoms with van der Waals surface area (Å²) in [4.78, 5) is 12.1. The van der Waals surface area contributed by atoms with Gasteiger partial charge in [-0.2, -0.15) is 0 Å². The minimum Gasteiger partial charge on any atom is -0.388 e. The fraction of sp³-hybridized carbons (Fsp3) is 0.533. The lowest BCUT2D eigenvalue weighted by Gasteiger charge is -2.32. The highest BCUT2D eigenvalue weighted by Crippen LogP contribution is 2.22. The van der Waals surface area contributed by atoms with Gasteiger partial charge in [0.05, 0.1) is 18.8 Å². The summed E-state index contributed by atoms with van der Waals surface area (Å²) in [6.45, 7) is 2.54. The largest absolute Gasteiger partial charge is 0.388 e. The Morgan fingerprint density at radius 2 is 1.95 bits per heavy atom. The van der Waals surface area contributed by atoms with Gasteiger partial charge in [0, 0.05) is 38.2 Å². The zero-order valence-corrected chi connectivity index (χ0v) is 11.4. The van der Waals surface area contributed by atoms with Crippen LogP contribution >= 0.6 is 0 Å². The standard InChI is InChI=1S/C15H19NO4/c17-14(16-10-15(18)3-5-19-6-4-15)11-1-2-12-8-20-9-13(12)7-11/h1-2,7,18H,3-6,8-10H2,(H,16,17). The number of carbonyl (C=O) groups excluding carboxylic acids is 1. The van der Waals surface area contributed by atoms with Gasteiger partial charge in [0.2, 0.25) is 0 Å². The SMILES string of the molecule is O=C(NCC1(O)CCOCC1)c1ccc2c(c1)COC2. The van der Waals surface area contributed by atoms with E-state index in [1.807, 2.05) is 12.1 Å². The van der Waals surface area contributed by atoms with Gasteiger partial charge in [-0.05, 0) is 23.3 Å². The quantitative estimate of drug-likeness (QED) is 0.864. The summed E-state index contributed by atoms with van der Waals surface area (Å²) in [6.07, 6.45) is 1.12. The minimum atomic E-state index is -0.840. The summed E-state index contributed by atoms with van der Waals surface area (Å²) in [5.74, 6) is -0.153. The predicted molar refractivity (Wildman–Crippen MR) is 72.3 cm³/mol. The highest BCUT2D eigenvalue weighted by atomic mass is 16.5. The van der Waals surface area contributed by atoms with Gasteiger partial charge in [0.1, 0.15) is 0 Å². The highest BCUT2D eigenvalue weighted by Gasteiger charge is 2.30.